The number of carbonyl (C=O) groups is 2. The van der Waals surface area contributed by atoms with Crippen LogP contribution in [0.3, 0.4) is 0 Å². The van der Waals surface area contributed by atoms with E-state index in [1.165, 1.54) is 47.4 Å². The van der Waals surface area contributed by atoms with Crippen LogP contribution in [0.4, 0.5) is 20.7 Å². The van der Waals surface area contributed by atoms with Crippen molar-refractivity contribution in [3.05, 3.63) is 71.5 Å². The summed E-state index contributed by atoms with van der Waals surface area (Å²) in [5.74, 6) is -0.208. The molecule has 0 saturated heterocycles. The van der Waals surface area contributed by atoms with E-state index in [-0.39, 0.29) is 11.6 Å². The van der Waals surface area contributed by atoms with Gasteiger partial charge in [0, 0.05) is 16.6 Å². The lowest BCUT2D eigenvalue weighted by molar-refractivity contribution is 0.102. The normalized spacial score (nSPS) is 10.8. The lowest BCUT2D eigenvalue weighted by atomic mass is 10.1. The largest absolute Gasteiger partial charge is 0.351 e. The fraction of sp³-hybridized carbons (Fsp3) is 0.0476. The second-order valence-electron chi connectivity index (χ2n) is 6.27. The smallest absolute Gasteiger partial charge is 0.325 e. The van der Waals surface area contributed by atoms with Crippen LogP contribution in [0.5, 0.6) is 0 Å². The van der Waals surface area contributed by atoms with Gasteiger partial charge in [-0.25, -0.2) is 19.1 Å². The van der Waals surface area contributed by atoms with Crippen molar-refractivity contribution in [3.8, 4) is 10.4 Å². The zero-order valence-electron chi connectivity index (χ0n) is 15.3. The summed E-state index contributed by atoms with van der Waals surface area (Å²) in [6, 6.07) is 13.5. The number of ketones is 1. The zero-order valence-corrected chi connectivity index (χ0v) is 16.1. The van der Waals surface area contributed by atoms with Crippen molar-refractivity contribution in [1.82, 2.24) is 9.97 Å². The van der Waals surface area contributed by atoms with Crippen LogP contribution in [0, 0.1) is 5.82 Å². The number of hydrogen-bond acceptors (Lipinski definition) is 5. The molecule has 0 fully saturated rings. The van der Waals surface area contributed by atoms with Crippen LogP contribution in [0.1, 0.15) is 16.6 Å². The van der Waals surface area contributed by atoms with Gasteiger partial charge >= 0.3 is 6.03 Å². The van der Waals surface area contributed by atoms with E-state index < -0.39 is 11.8 Å². The molecule has 0 radical (unpaired) electrons. The zero-order chi connectivity index (χ0) is 20.5. The van der Waals surface area contributed by atoms with Gasteiger partial charge in [0.05, 0.1) is 21.6 Å². The van der Waals surface area contributed by atoms with E-state index in [1.807, 2.05) is 0 Å². The standard InChI is InChI=1S/C21H15FN4O2S/c1-12(27)18-8-9-19(29-18)15-11-17-16(3-2-10-24-17)25-20(15)26(21(23)28)14-6-4-13(22)5-7-14/h2-11H,1H3,(H2,23,28). The number of urea groups is 1. The number of Topliss-reactive ketones (excluding diaryl/α,β-unsaturated/α-hetero) is 1. The molecule has 6 nitrogen and oxygen atoms in total. The number of hydrogen-bond donors (Lipinski definition) is 1. The molecule has 0 saturated carbocycles. The van der Waals surface area contributed by atoms with Gasteiger partial charge < -0.3 is 5.73 Å². The van der Waals surface area contributed by atoms with Crippen LogP contribution in [-0.4, -0.2) is 21.8 Å². The molecular formula is C21H15FN4O2S. The van der Waals surface area contributed by atoms with Gasteiger partial charge in [-0.2, -0.15) is 0 Å². The predicted molar refractivity (Wildman–Crippen MR) is 111 cm³/mol. The van der Waals surface area contributed by atoms with Gasteiger partial charge in [-0.1, -0.05) is 0 Å². The first-order chi connectivity index (χ1) is 13.9. The minimum absolute atomic E-state index is 0.0556. The molecule has 29 heavy (non-hydrogen) atoms. The molecule has 8 heteroatoms. The van der Waals surface area contributed by atoms with Crippen LogP contribution in [0.15, 0.2) is 60.8 Å². The highest BCUT2D eigenvalue weighted by atomic mass is 32.1. The molecule has 3 heterocycles. The third-order valence-corrected chi connectivity index (χ3v) is 5.52. The predicted octanol–water partition coefficient (Wildman–Crippen LogP) is 4.92. The molecule has 144 valence electrons. The van der Waals surface area contributed by atoms with Crippen molar-refractivity contribution in [2.75, 3.05) is 4.90 Å². The monoisotopic (exact) mass is 406 g/mol. The SMILES string of the molecule is CC(=O)c1ccc(-c2cc3ncccc3nc2N(C(N)=O)c2ccc(F)cc2)s1. The highest BCUT2D eigenvalue weighted by Crippen LogP contribution is 2.38. The molecule has 4 aromatic rings. The first-order valence-electron chi connectivity index (χ1n) is 8.66. The molecule has 0 spiro atoms. The lowest BCUT2D eigenvalue weighted by Crippen LogP contribution is -2.32. The number of thiophene rings is 1. The minimum atomic E-state index is -0.767. The van der Waals surface area contributed by atoms with Crippen LogP contribution in [-0.2, 0) is 0 Å². The van der Waals surface area contributed by atoms with Crippen LogP contribution < -0.4 is 10.6 Å². The summed E-state index contributed by atoms with van der Waals surface area (Å²) in [7, 11) is 0. The molecule has 0 aliphatic rings. The van der Waals surface area contributed by atoms with E-state index in [9.17, 15) is 14.0 Å². The Morgan fingerprint density at radius 2 is 1.83 bits per heavy atom. The van der Waals surface area contributed by atoms with Gasteiger partial charge in [0.25, 0.3) is 0 Å². The fourth-order valence-electron chi connectivity index (χ4n) is 2.96. The molecule has 0 unspecified atom stereocenters. The van der Waals surface area contributed by atoms with Crippen molar-refractivity contribution in [3.63, 3.8) is 0 Å². The van der Waals surface area contributed by atoms with E-state index >= 15 is 0 Å². The van der Waals surface area contributed by atoms with Gasteiger partial charge in [-0.3, -0.25) is 9.78 Å². The van der Waals surface area contributed by atoms with Crippen molar-refractivity contribution in [1.29, 1.82) is 0 Å². The summed E-state index contributed by atoms with van der Waals surface area (Å²) in [5.41, 5.74) is 7.84. The summed E-state index contributed by atoms with van der Waals surface area (Å²) in [5, 5.41) is 0. The number of halogens is 1. The minimum Gasteiger partial charge on any atom is -0.351 e. The number of anilines is 2. The molecule has 1 aromatic carbocycles. The molecule has 2 amide bonds. The molecule has 3 aromatic heterocycles. The van der Waals surface area contributed by atoms with Crippen molar-refractivity contribution >= 4 is 45.7 Å². The number of amides is 2. The van der Waals surface area contributed by atoms with Gasteiger partial charge in [0.2, 0.25) is 0 Å². The number of primary amides is 1. The van der Waals surface area contributed by atoms with Crippen molar-refractivity contribution in [2.24, 2.45) is 5.73 Å². The maximum Gasteiger partial charge on any atom is 0.325 e. The molecule has 0 bridgehead atoms. The van der Waals surface area contributed by atoms with Crippen LogP contribution in [0.25, 0.3) is 21.5 Å². The van der Waals surface area contributed by atoms with Crippen molar-refractivity contribution in [2.45, 2.75) is 6.92 Å². The van der Waals surface area contributed by atoms with Crippen LogP contribution in [0.2, 0.25) is 0 Å². The Morgan fingerprint density at radius 3 is 2.48 bits per heavy atom. The quantitative estimate of drug-likeness (QED) is 0.487. The molecule has 0 aliphatic carbocycles. The summed E-state index contributed by atoms with van der Waals surface area (Å²) in [4.78, 5) is 35.6. The maximum absolute atomic E-state index is 13.4. The highest BCUT2D eigenvalue weighted by Gasteiger charge is 2.23. The second kappa shape index (κ2) is 7.40. The van der Waals surface area contributed by atoms with E-state index in [4.69, 9.17) is 5.73 Å². The number of benzene rings is 1. The topological polar surface area (TPSA) is 89.2 Å². The number of pyridine rings is 2. The summed E-state index contributed by atoms with van der Waals surface area (Å²) in [6.07, 6.45) is 1.65. The molecule has 2 N–H and O–H groups in total. The van der Waals surface area contributed by atoms with E-state index in [2.05, 4.69) is 9.97 Å². The lowest BCUT2D eigenvalue weighted by Gasteiger charge is -2.22. The molecule has 0 aliphatic heterocycles. The Labute approximate surface area is 169 Å². The Morgan fingerprint density at radius 1 is 1.07 bits per heavy atom. The number of fused-ring (bicyclic) bond motifs is 1. The van der Waals surface area contributed by atoms with Gasteiger partial charge in [0.15, 0.2) is 11.6 Å². The second-order valence-corrected chi connectivity index (χ2v) is 7.36. The Kier molecular flexibility index (Phi) is 4.77. The van der Waals surface area contributed by atoms with E-state index in [0.717, 1.165) is 4.88 Å². The third kappa shape index (κ3) is 3.57. The molecule has 4 rings (SSSR count). The number of nitrogens with two attached hydrogens (primary N) is 1. The number of rotatable bonds is 4. The van der Waals surface area contributed by atoms with Crippen LogP contribution >= 0.6 is 11.3 Å². The Balaban J connectivity index is 1.98. The fourth-order valence-corrected chi connectivity index (χ4v) is 3.87. The third-order valence-electron chi connectivity index (χ3n) is 4.30. The van der Waals surface area contributed by atoms with Gasteiger partial charge in [-0.15, -0.1) is 11.3 Å². The number of carbonyl (C=O) groups excluding carboxylic acids is 2. The Bertz CT molecular complexity index is 1240. The average Bonchev–Trinajstić information content (AvgIpc) is 3.19. The average molecular weight is 406 g/mol. The summed E-state index contributed by atoms with van der Waals surface area (Å²) < 4.78 is 13.4. The van der Waals surface area contributed by atoms with E-state index in [0.29, 0.717) is 27.2 Å². The maximum atomic E-state index is 13.4. The van der Waals surface area contributed by atoms with E-state index in [1.54, 1.807) is 36.5 Å². The first-order valence-corrected chi connectivity index (χ1v) is 9.48. The molecular weight excluding hydrogens is 391 g/mol. The summed E-state index contributed by atoms with van der Waals surface area (Å²) >= 11 is 1.29. The van der Waals surface area contributed by atoms with Crippen molar-refractivity contribution < 1.29 is 14.0 Å². The van der Waals surface area contributed by atoms with Gasteiger partial charge in [-0.05, 0) is 61.5 Å². The van der Waals surface area contributed by atoms with Gasteiger partial charge in [0.1, 0.15) is 5.82 Å². The molecule has 0 atom stereocenters. The number of aromatic nitrogens is 2. The Hall–Kier alpha value is -3.65. The summed E-state index contributed by atoms with van der Waals surface area (Å²) in [6.45, 7) is 1.49. The highest BCUT2D eigenvalue weighted by molar-refractivity contribution is 7.17. The first kappa shape index (κ1) is 18.7. The number of nitrogens with zero attached hydrogens (tertiary/aromatic N) is 3.